The lowest BCUT2D eigenvalue weighted by Gasteiger charge is -2.12. The molecule has 0 radical (unpaired) electrons. The van der Waals surface area contributed by atoms with E-state index >= 15 is 0 Å². The quantitative estimate of drug-likeness (QED) is 0.713. The van der Waals surface area contributed by atoms with Crippen molar-refractivity contribution in [3.63, 3.8) is 0 Å². The van der Waals surface area contributed by atoms with Crippen LogP contribution in [0.15, 0.2) is 30.3 Å². The summed E-state index contributed by atoms with van der Waals surface area (Å²) in [5.74, 6) is 0.676. The minimum atomic E-state index is 0.238. The van der Waals surface area contributed by atoms with E-state index in [0.717, 1.165) is 0 Å². The molecule has 1 aromatic carbocycles. The fourth-order valence-electron chi connectivity index (χ4n) is 2.94. The van der Waals surface area contributed by atoms with Gasteiger partial charge in [-0.1, -0.05) is 37.3 Å². The fourth-order valence-corrected chi connectivity index (χ4v) is 2.94. The summed E-state index contributed by atoms with van der Waals surface area (Å²) in [4.78, 5) is 0. The molecule has 0 amide bonds. The molecule has 1 heterocycles. The van der Waals surface area contributed by atoms with Crippen LogP contribution in [0.5, 0.6) is 0 Å². The number of hydrogen-bond donors (Lipinski definition) is 0. The third kappa shape index (κ3) is 1.50. The normalized spacial score (nSPS) is 38.5. The summed E-state index contributed by atoms with van der Waals surface area (Å²) in [5.41, 5.74) is 1.71. The van der Waals surface area contributed by atoms with Crippen LogP contribution in [0.4, 0.5) is 0 Å². The van der Waals surface area contributed by atoms with Crippen molar-refractivity contribution in [2.45, 2.75) is 50.2 Å². The molecule has 1 nitrogen and oxygen atoms in total. The van der Waals surface area contributed by atoms with Gasteiger partial charge in [0, 0.05) is 5.92 Å². The van der Waals surface area contributed by atoms with Crippen LogP contribution in [0.25, 0.3) is 0 Å². The Labute approximate surface area is 91.5 Å². The largest absolute Gasteiger partial charge is 0.371 e. The lowest BCUT2D eigenvalue weighted by molar-refractivity contribution is 0.0225. The zero-order chi connectivity index (χ0) is 10.3. The maximum atomic E-state index is 6.18. The predicted octanol–water partition coefficient (Wildman–Crippen LogP) is 3.50. The van der Waals surface area contributed by atoms with Gasteiger partial charge in [0.2, 0.25) is 0 Å². The van der Waals surface area contributed by atoms with Gasteiger partial charge in [-0.3, -0.25) is 0 Å². The molecule has 0 aromatic heterocycles. The Morgan fingerprint density at radius 1 is 1.33 bits per heavy atom. The van der Waals surface area contributed by atoms with Crippen molar-refractivity contribution < 1.29 is 4.74 Å². The van der Waals surface area contributed by atoms with Crippen molar-refractivity contribution in [3.05, 3.63) is 35.9 Å². The second kappa shape index (κ2) is 3.34. The van der Waals surface area contributed by atoms with Crippen LogP contribution in [-0.4, -0.2) is 11.7 Å². The predicted molar refractivity (Wildman–Crippen MR) is 60.9 cm³/mol. The molecule has 1 spiro atoms. The van der Waals surface area contributed by atoms with Crippen LogP contribution in [0.1, 0.15) is 44.1 Å². The molecule has 1 aromatic rings. The molecule has 2 aliphatic rings. The van der Waals surface area contributed by atoms with Gasteiger partial charge in [-0.25, -0.2) is 0 Å². The van der Waals surface area contributed by atoms with Crippen LogP contribution in [-0.2, 0) is 4.74 Å². The van der Waals surface area contributed by atoms with E-state index in [9.17, 15) is 0 Å². The van der Waals surface area contributed by atoms with Crippen molar-refractivity contribution in [2.24, 2.45) is 0 Å². The Morgan fingerprint density at radius 3 is 2.80 bits per heavy atom. The Morgan fingerprint density at radius 2 is 2.13 bits per heavy atom. The Kier molecular flexibility index (Phi) is 2.10. The second-order valence-electron chi connectivity index (χ2n) is 4.92. The highest BCUT2D eigenvalue weighted by molar-refractivity contribution is 5.32. The van der Waals surface area contributed by atoms with Crippen molar-refractivity contribution in [1.82, 2.24) is 0 Å². The Hall–Kier alpha value is -0.820. The van der Waals surface area contributed by atoms with Crippen molar-refractivity contribution >= 4 is 0 Å². The molecule has 0 bridgehead atoms. The van der Waals surface area contributed by atoms with Crippen molar-refractivity contribution in [2.75, 3.05) is 0 Å². The highest BCUT2D eigenvalue weighted by Gasteiger charge is 2.59. The monoisotopic (exact) mass is 202 g/mol. The van der Waals surface area contributed by atoms with E-state index in [1.165, 1.54) is 31.2 Å². The number of hydrogen-bond acceptors (Lipinski definition) is 1. The zero-order valence-corrected chi connectivity index (χ0v) is 9.28. The summed E-state index contributed by atoms with van der Waals surface area (Å²) in [6, 6.07) is 10.8. The number of rotatable bonds is 2. The van der Waals surface area contributed by atoms with Gasteiger partial charge in [-0.05, 0) is 31.2 Å². The molecule has 1 saturated carbocycles. The molecule has 15 heavy (non-hydrogen) atoms. The average molecular weight is 202 g/mol. The molecule has 3 atom stereocenters. The second-order valence-corrected chi connectivity index (χ2v) is 4.92. The van der Waals surface area contributed by atoms with Gasteiger partial charge in [-0.15, -0.1) is 0 Å². The molecule has 1 saturated heterocycles. The molecule has 3 unspecified atom stereocenters. The maximum absolute atomic E-state index is 6.18. The smallest absolute Gasteiger partial charge is 0.0763 e. The van der Waals surface area contributed by atoms with E-state index in [1.54, 1.807) is 0 Å². The SMILES string of the molecule is CCC1CCC2(CC2c2ccccc2)O1. The molecular weight excluding hydrogens is 184 g/mol. The minimum Gasteiger partial charge on any atom is -0.371 e. The van der Waals surface area contributed by atoms with Gasteiger partial charge >= 0.3 is 0 Å². The average Bonchev–Trinajstić information content (AvgIpc) is 2.82. The highest BCUT2D eigenvalue weighted by atomic mass is 16.5. The number of ether oxygens (including phenoxy) is 1. The summed E-state index contributed by atoms with van der Waals surface area (Å²) < 4.78 is 6.18. The molecule has 2 fully saturated rings. The molecule has 1 heteroatoms. The van der Waals surface area contributed by atoms with E-state index in [2.05, 4.69) is 37.3 Å². The third-order valence-electron chi connectivity index (χ3n) is 3.97. The van der Waals surface area contributed by atoms with E-state index in [1.807, 2.05) is 0 Å². The Bertz CT molecular complexity index is 346. The van der Waals surface area contributed by atoms with Crippen LogP contribution >= 0.6 is 0 Å². The highest BCUT2D eigenvalue weighted by Crippen LogP contribution is 2.60. The molecular formula is C14H18O. The lowest BCUT2D eigenvalue weighted by Crippen LogP contribution is -2.12. The summed E-state index contributed by atoms with van der Waals surface area (Å²) in [7, 11) is 0. The minimum absolute atomic E-state index is 0.238. The van der Waals surface area contributed by atoms with E-state index in [4.69, 9.17) is 4.74 Å². The first-order valence-corrected chi connectivity index (χ1v) is 6.07. The van der Waals surface area contributed by atoms with E-state index < -0.39 is 0 Å². The first-order chi connectivity index (χ1) is 7.34. The standard InChI is InChI=1S/C14H18O/c1-2-12-8-9-14(15-12)10-13(14)11-6-4-3-5-7-11/h3-7,12-13H,2,8-10H2,1H3. The molecule has 80 valence electrons. The summed E-state index contributed by atoms with van der Waals surface area (Å²) >= 11 is 0. The fraction of sp³-hybridized carbons (Fsp3) is 0.571. The van der Waals surface area contributed by atoms with E-state index in [0.29, 0.717) is 12.0 Å². The van der Waals surface area contributed by atoms with Crippen molar-refractivity contribution in [3.8, 4) is 0 Å². The molecule has 1 aliphatic carbocycles. The van der Waals surface area contributed by atoms with E-state index in [-0.39, 0.29) is 5.60 Å². The first kappa shape index (κ1) is 9.41. The first-order valence-electron chi connectivity index (χ1n) is 6.07. The van der Waals surface area contributed by atoms with Crippen LogP contribution < -0.4 is 0 Å². The van der Waals surface area contributed by atoms with Gasteiger partial charge in [-0.2, -0.15) is 0 Å². The van der Waals surface area contributed by atoms with Gasteiger partial charge in [0.1, 0.15) is 0 Å². The lowest BCUT2D eigenvalue weighted by atomic mass is 10.1. The van der Waals surface area contributed by atoms with Gasteiger partial charge in [0.25, 0.3) is 0 Å². The zero-order valence-electron chi connectivity index (χ0n) is 9.28. The van der Waals surface area contributed by atoms with Crippen LogP contribution in [0.3, 0.4) is 0 Å². The van der Waals surface area contributed by atoms with Crippen LogP contribution in [0.2, 0.25) is 0 Å². The molecule has 0 N–H and O–H groups in total. The van der Waals surface area contributed by atoms with Gasteiger partial charge < -0.3 is 4.74 Å². The summed E-state index contributed by atoms with van der Waals surface area (Å²) in [6.07, 6.45) is 5.47. The van der Waals surface area contributed by atoms with Gasteiger partial charge in [0.15, 0.2) is 0 Å². The summed E-state index contributed by atoms with van der Waals surface area (Å²) in [6.45, 7) is 2.23. The number of benzene rings is 1. The Balaban J connectivity index is 1.74. The maximum Gasteiger partial charge on any atom is 0.0763 e. The summed E-state index contributed by atoms with van der Waals surface area (Å²) in [5, 5.41) is 0. The molecule has 3 rings (SSSR count). The van der Waals surface area contributed by atoms with Crippen molar-refractivity contribution in [1.29, 1.82) is 0 Å². The van der Waals surface area contributed by atoms with Crippen LogP contribution in [0, 0.1) is 0 Å². The topological polar surface area (TPSA) is 9.23 Å². The third-order valence-corrected chi connectivity index (χ3v) is 3.97. The molecule has 1 aliphatic heterocycles. The van der Waals surface area contributed by atoms with Gasteiger partial charge in [0.05, 0.1) is 11.7 Å².